The summed E-state index contributed by atoms with van der Waals surface area (Å²) in [5.74, 6) is 0.199. The Morgan fingerprint density at radius 3 is 2.67 bits per heavy atom. The third kappa shape index (κ3) is 3.36. The number of hydrogen-bond acceptors (Lipinski definition) is 4. The Hall–Kier alpha value is -1.24. The van der Waals surface area contributed by atoms with Crippen molar-refractivity contribution in [2.24, 2.45) is 11.1 Å². The lowest BCUT2D eigenvalue weighted by molar-refractivity contribution is -0.135. The molecule has 0 bridgehead atoms. The lowest BCUT2D eigenvalue weighted by Crippen LogP contribution is -2.57. The van der Waals surface area contributed by atoms with Crippen LogP contribution in [0.3, 0.4) is 0 Å². The largest absolute Gasteiger partial charge is 0.361 e. The number of aromatic nitrogens is 1. The van der Waals surface area contributed by atoms with Crippen LogP contribution in [0.4, 0.5) is 5.69 Å². The van der Waals surface area contributed by atoms with Crippen molar-refractivity contribution in [2.45, 2.75) is 75.7 Å². The molecule has 2 aliphatic carbocycles. The number of carbonyl (C=O) groups is 1. The molecule has 0 aromatic carbocycles. The molecule has 2 N–H and O–H groups in total. The van der Waals surface area contributed by atoms with Crippen LogP contribution in [0.15, 0.2) is 18.3 Å². The molecule has 0 unspecified atom stereocenters. The molecule has 2 heterocycles. The number of hydrogen-bond donors (Lipinski definition) is 1. The maximum absolute atomic E-state index is 13.4. The van der Waals surface area contributed by atoms with Gasteiger partial charge in [-0.1, -0.05) is 19.6 Å². The van der Waals surface area contributed by atoms with Crippen LogP contribution in [-0.4, -0.2) is 38.3 Å². The number of carbonyl (C=O) groups excluding carboxylic acids is 1. The second-order valence-corrected chi connectivity index (χ2v) is 15.8. The molecule has 4 rings (SSSR count). The van der Waals surface area contributed by atoms with E-state index in [2.05, 4.69) is 24.6 Å². The second kappa shape index (κ2) is 6.67. The van der Waals surface area contributed by atoms with Crippen LogP contribution in [-0.2, 0) is 14.9 Å². The van der Waals surface area contributed by atoms with Gasteiger partial charge in [0.15, 0.2) is 0 Å². The van der Waals surface area contributed by atoms with Gasteiger partial charge >= 0.3 is 0 Å². The van der Waals surface area contributed by atoms with Crippen molar-refractivity contribution in [1.29, 1.82) is 0 Å². The monoisotopic (exact) mass is 387 g/mol. The molecular weight excluding hydrogens is 354 g/mol. The number of fused-ring (bicyclic) bond motifs is 2. The van der Waals surface area contributed by atoms with Crippen LogP contribution in [0.5, 0.6) is 0 Å². The Bertz CT molecular complexity index is 714. The molecule has 148 valence electrons. The molecule has 2 spiro atoms. The number of rotatable bonds is 5. The molecule has 0 radical (unpaired) electrons. The van der Waals surface area contributed by atoms with E-state index in [4.69, 9.17) is 10.5 Å². The predicted molar refractivity (Wildman–Crippen MR) is 110 cm³/mol. The maximum Gasteiger partial charge on any atom is 0.241 e. The first-order valence-electron chi connectivity index (χ1n) is 10.4. The smallest absolute Gasteiger partial charge is 0.241 e. The van der Waals surface area contributed by atoms with Gasteiger partial charge in [0.2, 0.25) is 5.91 Å². The van der Waals surface area contributed by atoms with Crippen molar-refractivity contribution in [3.8, 4) is 0 Å². The van der Waals surface area contributed by atoms with E-state index >= 15 is 0 Å². The normalized spacial score (nSPS) is 32.8. The standard InChI is InChI=1S/C21H33N3O2Si/c1-27(2,3)12-11-26-15-24-17-5-4-10-23-18(17)21(19(24)25)13-20(14-21)8-6-16(22)7-9-20/h4-5,10,16H,6-9,11-15,22H2,1-3H3. The number of nitrogens with two attached hydrogens (primary N) is 1. The summed E-state index contributed by atoms with van der Waals surface area (Å²) in [5, 5.41) is 0. The second-order valence-electron chi connectivity index (χ2n) is 10.2. The lowest BCUT2D eigenvalue weighted by Gasteiger charge is -2.56. The van der Waals surface area contributed by atoms with Gasteiger partial charge in [-0.05, 0) is 62.1 Å². The van der Waals surface area contributed by atoms with Gasteiger partial charge in [-0.2, -0.15) is 0 Å². The minimum absolute atomic E-state index is 0.199. The van der Waals surface area contributed by atoms with Crippen LogP contribution in [0.2, 0.25) is 25.7 Å². The van der Waals surface area contributed by atoms with E-state index in [9.17, 15) is 4.79 Å². The van der Waals surface area contributed by atoms with Gasteiger partial charge in [0.1, 0.15) is 6.73 Å². The SMILES string of the molecule is C[Si](C)(C)CCOCN1C(=O)C2(CC3(CCC(N)CC3)C2)c2ncccc21. The van der Waals surface area contributed by atoms with Gasteiger partial charge in [0.25, 0.3) is 0 Å². The molecule has 0 saturated heterocycles. The molecule has 27 heavy (non-hydrogen) atoms. The van der Waals surface area contributed by atoms with Gasteiger partial charge in [-0.3, -0.25) is 14.7 Å². The molecule has 6 heteroatoms. The Kier molecular flexibility index (Phi) is 4.72. The molecule has 1 aromatic rings. The highest BCUT2D eigenvalue weighted by Crippen LogP contribution is 2.65. The number of pyridine rings is 1. The molecule has 0 atom stereocenters. The van der Waals surface area contributed by atoms with Crippen molar-refractivity contribution in [1.82, 2.24) is 4.98 Å². The fourth-order valence-corrected chi connectivity index (χ4v) is 6.02. The Morgan fingerprint density at radius 2 is 2.00 bits per heavy atom. The van der Waals surface area contributed by atoms with E-state index in [-0.39, 0.29) is 5.91 Å². The summed E-state index contributed by atoms with van der Waals surface area (Å²) in [7, 11) is -1.13. The summed E-state index contributed by atoms with van der Waals surface area (Å²) in [6.45, 7) is 8.10. The Labute approximate surface area is 163 Å². The van der Waals surface area contributed by atoms with E-state index in [1.807, 2.05) is 23.2 Å². The summed E-state index contributed by atoms with van der Waals surface area (Å²) in [6, 6.07) is 5.41. The first-order valence-corrected chi connectivity index (χ1v) is 14.1. The van der Waals surface area contributed by atoms with Crippen LogP contribution in [0.1, 0.15) is 44.2 Å². The van der Waals surface area contributed by atoms with Crippen molar-refractivity contribution in [3.63, 3.8) is 0 Å². The highest BCUT2D eigenvalue weighted by atomic mass is 28.3. The third-order valence-electron chi connectivity index (χ3n) is 6.85. The zero-order chi connectivity index (χ0) is 19.3. The van der Waals surface area contributed by atoms with Crippen LogP contribution < -0.4 is 10.6 Å². The third-order valence-corrected chi connectivity index (χ3v) is 8.55. The van der Waals surface area contributed by atoms with E-state index in [0.717, 1.165) is 62.6 Å². The fraction of sp³-hybridized carbons (Fsp3) is 0.714. The van der Waals surface area contributed by atoms with E-state index in [1.54, 1.807) is 0 Å². The van der Waals surface area contributed by atoms with Crippen molar-refractivity contribution < 1.29 is 9.53 Å². The molecule has 1 amide bonds. The first-order chi connectivity index (χ1) is 12.7. The zero-order valence-electron chi connectivity index (χ0n) is 17.0. The minimum atomic E-state index is -1.13. The number of nitrogens with zero attached hydrogens (tertiary/aromatic N) is 2. The van der Waals surface area contributed by atoms with Crippen LogP contribution in [0.25, 0.3) is 0 Å². The van der Waals surface area contributed by atoms with Gasteiger partial charge in [-0.15, -0.1) is 0 Å². The number of amides is 1. The molecule has 2 fully saturated rings. The molecule has 5 nitrogen and oxygen atoms in total. The molecule has 1 aromatic heterocycles. The predicted octanol–water partition coefficient (Wildman–Crippen LogP) is 3.66. The highest BCUT2D eigenvalue weighted by molar-refractivity contribution is 6.76. The van der Waals surface area contributed by atoms with E-state index in [0.29, 0.717) is 18.2 Å². The van der Waals surface area contributed by atoms with Gasteiger partial charge < -0.3 is 10.5 Å². The number of ether oxygens (including phenoxy) is 1. The quantitative estimate of drug-likeness (QED) is 0.618. The van der Waals surface area contributed by atoms with E-state index in [1.165, 1.54) is 0 Å². The van der Waals surface area contributed by atoms with Crippen molar-refractivity contribution in [3.05, 3.63) is 24.0 Å². The highest BCUT2D eigenvalue weighted by Gasteiger charge is 2.65. The molecule has 2 saturated carbocycles. The van der Waals surface area contributed by atoms with Crippen molar-refractivity contribution in [2.75, 3.05) is 18.2 Å². The zero-order valence-corrected chi connectivity index (χ0v) is 18.0. The Morgan fingerprint density at radius 1 is 1.30 bits per heavy atom. The average molecular weight is 388 g/mol. The van der Waals surface area contributed by atoms with Gasteiger partial charge in [0, 0.05) is 26.9 Å². The topological polar surface area (TPSA) is 68.5 Å². The summed E-state index contributed by atoms with van der Waals surface area (Å²) >= 11 is 0. The van der Waals surface area contributed by atoms with Crippen molar-refractivity contribution >= 4 is 19.7 Å². The van der Waals surface area contributed by atoms with Crippen LogP contribution in [0, 0.1) is 5.41 Å². The van der Waals surface area contributed by atoms with Gasteiger partial charge in [-0.25, -0.2) is 0 Å². The summed E-state index contributed by atoms with van der Waals surface area (Å²) < 4.78 is 5.93. The Balaban J connectivity index is 1.48. The fourth-order valence-electron chi connectivity index (χ4n) is 5.27. The van der Waals surface area contributed by atoms with E-state index < -0.39 is 13.5 Å². The molecular formula is C21H33N3O2Si. The van der Waals surface area contributed by atoms with Gasteiger partial charge in [0.05, 0.1) is 16.8 Å². The minimum Gasteiger partial charge on any atom is -0.361 e. The summed E-state index contributed by atoms with van der Waals surface area (Å²) in [6.07, 6.45) is 8.16. The lowest BCUT2D eigenvalue weighted by atomic mass is 9.47. The summed E-state index contributed by atoms with van der Waals surface area (Å²) in [4.78, 5) is 19.9. The first kappa shape index (κ1) is 19.1. The maximum atomic E-state index is 13.4. The molecule has 1 aliphatic heterocycles. The number of anilines is 1. The summed E-state index contributed by atoms with van der Waals surface area (Å²) in [5.41, 5.74) is 7.92. The van der Waals surface area contributed by atoms with Crippen LogP contribution >= 0.6 is 0 Å². The average Bonchev–Trinajstić information content (AvgIpc) is 2.82. The molecule has 3 aliphatic rings.